The quantitative estimate of drug-likeness (QED) is 0.484. The molecule has 2 aromatic rings. The molecular weight excluding hydrogens is 490 g/mol. The molecule has 0 aromatic heterocycles. The lowest BCUT2D eigenvalue weighted by Crippen LogP contribution is -2.52. The van der Waals surface area contributed by atoms with E-state index in [1.54, 1.807) is 9.80 Å². The fraction of sp³-hybridized carbons (Fsp3) is 0.464. The number of nitrogens with zero attached hydrogens (tertiary/aromatic N) is 3. The standard InChI is InChI=1S/C28H33N3O5S/c1-3-17-36-22-11-9-21(10-12-22)31-25(32)18-37-28(31)23-7-5-6-8-24(23)30(27(28)34)19-29-15-13-20(14-16-29)26(33)35-4-2/h5-12,20H,3-4,13-19H2,1-2H3/t28-/m1/s1. The predicted molar refractivity (Wildman–Crippen MR) is 144 cm³/mol. The van der Waals surface area contributed by atoms with E-state index in [1.165, 1.54) is 11.8 Å². The maximum absolute atomic E-state index is 14.2. The van der Waals surface area contributed by atoms with Gasteiger partial charge in [0.1, 0.15) is 5.75 Å². The van der Waals surface area contributed by atoms with Crippen LogP contribution in [0.2, 0.25) is 0 Å². The predicted octanol–water partition coefficient (Wildman–Crippen LogP) is 3.99. The number of thioether (sulfide) groups is 1. The maximum Gasteiger partial charge on any atom is 0.309 e. The SMILES string of the molecule is CCCOc1ccc(N2C(=O)CS[C@]23C(=O)N(CN2CCC(C(=O)OCC)CC2)c2ccccc23)cc1. The van der Waals surface area contributed by atoms with Crippen molar-refractivity contribution < 1.29 is 23.9 Å². The summed E-state index contributed by atoms with van der Waals surface area (Å²) in [6.45, 7) is 6.72. The Balaban J connectivity index is 1.40. The van der Waals surface area contributed by atoms with Gasteiger partial charge in [-0.25, -0.2) is 0 Å². The Morgan fingerprint density at radius 1 is 1.05 bits per heavy atom. The molecule has 0 radical (unpaired) electrons. The van der Waals surface area contributed by atoms with Gasteiger partial charge >= 0.3 is 5.97 Å². The van der Waals surface area contributed by atoms with Gasteiger partial charge in [0.05, 0.1) is 37.2 Å². The summed E-state index contributed by atoms with van der Waals surface area (Å²) in [6.07, 6.45) is 2.33. The molecule has 3 aliphatic heterocycles. The van der Waals surface area contributed by atoms with Crippen molar-refractivity contribution in [3.63, 3.8) is 0 Å². The summed E-state index contributed by atoms with van der Waals surface area (Å²) in [5.41, 5.74) is 2.35. The number of piperidine rings is 1. The first kappa shape index (κ1) is 25.6. The Labute approximate surface area is 221 Å². The number of amides is 2. The third-order valence-electron chi connectivity index (χ3n) is 7.18. The smallest absolute Gasteiger partial charge is 0.309 e. The van der Waals surface area contributed by atoms with Crippen molar-refractivity contribution >= 4 is 40.9 Å². The summed E-state index contributed by atoms with van der Waals surface area (Å²) in [6, 6.07) is 15.2. The van der Waals surface area contributed by atoms with Crippen molar-refractivity contribution in [2.24, 2.45) is 5.92 Å². The monoisotopic (exact) mass is 523 g/mol. The van der Waals surface area contributed by atoms with E-state index in [1.807, 2.05) is 55.5 Å². The van der Waals surface area contributed by atoms with Crippen LogP contribution in [-0.2, 0) is 24.0 Å². The Kier molecular flexibility index (Phi) is 7.44. The number of para-hydroxylation sites is 1. The van der Waals surface area contributed by atoms with Crippen LogP contribution in [0.15, 0.2) is 48.5 Å². The van der Waals surface area contributed by atoms with Crippen LogP contribution in [0, 0.1) is 5.92 Å². The number of carbonyl (C=O) groups excluding carboxylic acids is 3. The minimum atomic E-state index is -1.14. The van der Waals surface area contributed by atoms with E-state index < -0.39 is 4.87 Å². The number of fused-ring (bicyclic) bond motifs is 2. The van der Waals surface area contributed by atoms with E-state index in [2.05, 4.69) is 11.8 Å². The average molecular weight is 524 g/mol. The highest BCUT2D eigenvalue weighted by atomic mass is 32.2. The molecule has 2 saturated heterocycles. The zero-order valence-corrected chi connectivity index (χ0v) is 22.2. The van der Waals surface area contributed by atoms with Gasteiger partial charge in [-0.2, -0.15) is 0 Å². The van der Waals surface area contributed by atoms with E-state index in [0.717, 1.165) is 23.4 Å². The fourth-order valence-corrected chi connectivity index (χ4v) is 6.74. The zero-order valence-electron chi connectivity index (χ0n) is 21.4. The van der Waals surface area contributed by atoms with Crippen LogP contribution in [0.1, 0.15) is 38.7 Å². The second-order valence-corrected chi connectivity index (χ2v) is 10.7. The van der Waals surface area contributed by atoms with Crippen molar-refractivity contribution in [3.8, 4) is 5.75 Å². The molecule has 0 saturated carbocycles. The molecule has 2 amide bonds. The highest BCUT2D eigenvalue weighted by Gasteiger charge is 2.61. The van der Waals surface area contributed by atoms with Gasteiger partial charge in [-0.1, -0.05) is 25.1 Å². The normalized spacial score (nSPS) is 22.1. The zero-order chi connectivity index (χ0) is 26.0. The Morgan fingerprint density at radius 3 is 2.49 bits per heavy atom. The summed E-state index contributed by atoms with van der Waals surface area (Å²) < 4.78 is 10.9. The highest BCUT2D eigenvalue weighted by Crippen LogP contribution is 2.55. The number of benzene rings is 2. The van der Waals surface area contributed by atoms with E-state index >= 15 is 0 Å². The molecule has 2 fully saturated rings. The fourth-order valence-electron chi connectivity index (χ4n) is 5.38. The molecule has 3 heterocycles. The summed E-state index contributed by atoms with van der Waals surface area (Å²) in [7, 11) is 0. The van der Waals surface area contributed by atoms with Crippen LogP contribution < -0.4 is 14.5 Å². The molecule has 2 aromatic carbocycles. The molecule has 0 bridgehead atoms. The Bertz CT molecular complexity index is 1160. The molecule has 1 spiro atoms. The third kappa shape index (κ3) is 4.59. The summed E-state index contributed by atoms with van der Waals surface area (Å²) in [4.78, 5) is 44.2. The minimum Gasteiger partial charge on any atom is -0.494 e. The molecule has 37 heavy (non-hydrogen) atoms. The molecule has 0 aliphatic carbocycles. The van der Waals surface area contributed by atoms with Crippen molar-refractivity contribution in [2.45, 2.75) is 38.0 Å². The average Bonchev–Trinajstić information content (AvgIpc) is 3.39. The molecular formula is C28H33N3O5S. The van der Waals surface area contributed by atoms with Crippen LogP contribution in [0.5, 0.6) is 5.75 Å². The van der Waals surface area contributed by atoms with E-state index in [9.17, 15) is 14.4 Å². The third-order valence-corrected chi connectivity index (χ3v) is 8.57. The second-order valence-electron chi connectivity index (χ2n) is 9.54. The number of ether oxygens (including phenoxy) is 2. The van der Waals surface area contributed by atoms with Gasteiger partial charge in [-0.3, -0.25) is 29.1 Å². The first-order valence-electron chi connectivity index (χ1n) is 13.0. The number of esters is 1. The van der Waals surface area contributed by atoms with Crippen LogP contribution in [0.4, 0.5) is 11.4 Å². The van der Waals surface area contributed by atoms with E-state index in [4.69, 9.17) is 9.47 Å². The lowest BCUT2D eigenvalue weighted by atomic mass is 9.97. The van der Waals surface area contributed by atoms with Gasteiger partial charge in [0, 0.05) is 24.3 Å². The van der Waals surface area contributed by atoms with Crippen molar-refractivity contribution in [2.75, 3.05) is 48.5 Å². The molecule has 5 rings (SSSR count). The first-order valence-corrected chi connectivity index (χ1v) is 14.0. The van der Waals surface area contributed by atoms with Crippen LogP contribution in [-0.4, -0.2) is 61.4 Å². The van der Waals surface area contributed by atoms with Gasteiger partial charge in [0.15, 0.2) is 0 Å². The number of hydrogen-bond donors (Lipinski definition) is 0. The van der Waals surface area contributed by atoms with Gasteiger partial charge in [0.2, 0.25) is 10.8 Å². The number of carbonyl (C=O) groups is 3. The van der Waals surface area contributed by atoms with E-state index in [-0.39, 0.29) is 29.5 Å². The largest absolute Gasteiger partial charge is 0.494 e. The van der Waals surface area contributed by atoms with Crippen LogP contribution in [0.3, 0.4) is 0 Å². The topological polar surface area (TPSA) is 79.4 Å². The molecule has 196 valence electrons. The Morgan fingerprint density at radius 2 is 1.78 bits per heavy atom. The number of likely N-dealkylation sites (tertiary alicyclic amines) is 1. The molecule has 0 unspecified atom stereocenters. The van der Waals surface area contributed by atoms with Crippen molar-refractivity contribution in [1.82, 2.24) is 4.90 Å². The minimum absolute atomic E-state index is 0.0903. The van der Waals surface area contributed by atoms with Crippen molar-refractivity contribution in [1.29, 1.82) is 0 Å². The molecule has 3 aliphatic rings. The van der Waals surface area contributed by atoms with Crippen molar-refractivity contribution in [3.05, 3.63) is 54.1 Å². The molecule has 0 N–H and O–H groups in total. The summed E-state index contributed by atoms with van der Waals surface area (Å²) in [5.74, 6) is 0.548. The number of hydrogen-bond acceptors (Lipinski definition) is 7. The molecule has 8 nitrogen and oxygen atoms in total. The molecule has 1 atom stereocenters. The number of rotatable bonds is 8. The lowest BCUT2D eigenvalue weighted by molar-refractivity contribution is -0.149. The Hall–Kier alpha value is -3.04. The second kappa shape index (κ2) is 10.8. The van der Waals surface area contributed by atoms with E-state index in [0.29, 0.717) is 51.5 Å². The van der Waals surface area contributed by atoms with Gasteiger partial charge in [-0.15, -0.1) is 11.8 Å². The van der Waals surface area contributed by atoms with Gasteiger partial charge < -0.3 is 9.47 Å². The van der Waals surface area contributed by atoms with Crippen LogP contribution >= 0.6 is 11.8 Å². The lowest BCUT2D eigenvalue weighted by Gasteiger charge is -2.36. The molecule has 9 heteroatoms. The first-order chi connectivity index (χ1) is 18.0. The summed E-state index contributed by atoms with van der Waals surface area (Å²) >= 11 is 1.38. The van der Waals surface area contributed by atoms with Crippen LogP contribution in [0.25, 0.3) is 0 Å². The maximum atomic E-state index is 14.2. The highest BCUT2D eigenvalue weighted by molar-refractivity contribution is 8.02. The number of anilines is 2. The summed E-state index contributed by atoms with van der Waals surface area (Å²) in [5, 5.41) is 0. The van der Waals surface area contributed by atoms with Gasteiger partial charge in [0.25, 0.3) is 5.91 Å². The van der Waals surface area contributed by atoms with Gasteiger partial charge in [-0.05, 0) is 56.5 Å².